The summed E-state index contributed by atoms with van der Waals surface area (Å²) in [6, 6.07) is 10.3. The summed E-state index contributed by atoms with van der Waals surface area (Å²) in [4.78, 5) is 33.7. The molecule has 2 aliphatic heterocycles. The third-order valence-corrected chi connectivity index (χ3v) is 11.1. The molecule has 2 aromatic rings. The lowest BCUT2D eigenvalue weighted by Gasteiger charge is -2.66. The van der Waals surface area contributed by atoms with Crippen LogP contribution in [-0.4, -0.2) is 57.5 Å². The number of carbonyl (C=O) groups is 1. The van der Waals surface area contributed by atoms with E-state index >= 15 is 0 Å². The summed E-state index contributed by atoms with van der Waals surface area (Å²) >= 11 is 0. The van der Waals surface area contributed by atoms with Crippen LogP contribution >= 0.6 is 12.4 Å². The lowest BCUT2D eigenvalue weighted by Crippen LogP contribution is -2.70. The highest BCUT2D eigenvalue weighted by atomic mass is 35.5. The molecule has 3 heterocycles. The van der Waals surface area contributed by atoms with Gasteiger partial charge in [0.2, 0.25) is 0 Å². The SMILES string of the molecule is Cl.O=C(c1ccc[nH]c1=O)N1C[C@H]2C[C@@]34CC[C@@H]1[C@@H]2[C@@]31CCN(CC2CC2)[C@@H]4Cc2ccc(O)cc21. The number of amides is 1. The molecule has 0 radical (unpaired) electrons. The van der Waals surface area contributed by atoms with Crippen molar-refractivity contribution >= 4 is 18.3 Å². The normalized spacial score (nSPS) is 37.7. The Hall–Kier alpha value is -2.31. The number of hydrogen-bond acceptors (Lipinski definition) is 4. The summed E-state index contributed by atoms with van der Waals surface area (Å²) in [6.45, 7) is 3.13. The highest BCUT2D eigenvalue weighted by molar-refractivity contribution is 5.94. The predicted octanol–water partition coefficient (Wildman–Crippen LogP) is 3.72. The van der Waals surface area contributed by atoms with Crippen LogP contribution in [0.1, 0.15) is 60.0 Å². The number of pyridine rings is 1. The first-order chi connectivity index (χ1) is 17.0. The molecule has 1 amide bonds. The summed E-state index contributed by atoms with van der Waals surface area (Å²) in [5.74, 6) is 2.02. The number of benzene rings is 1. The summed E-state index contributed by atoms with van der Waals surface area (Å²) in [6.07, 6.45) is 9.91. The van der Waals surface area contributed by atoms with Gasteiger partial charge in [0.25, 0.3) is 11.5 Å². The minimum Gasteiger partial charge on any atom is -0.508 e. The van der Waals surface area contributed by atoms with E-state index < -0.39 is 0 Å². The minimum absolute atomic E-state index is 0. The summed E-state index contributed by atoms with van der Waals surface area (Å²) in [7, 11) is 0. The number of phenolic OH excluding ortho intramolecular Hbond substituents is 1. The number of nitrogens with zero attached hydrogens (tertiary/aromatic N) is 2. The topological polar surface area (TPSA) is 76.6 Å². The smallest absolute Gasteiger partial charge is 0.260 e. The van der Waals surface area contributed by atoms with Gasteiger partial charge in [-0.3, -0.25) is 14.5 Å². The standard InChI is InChI=1S/C29H33N3O3.ClH/c33-20-6-5-18-12-24-28-8-7-23-25(29(28,22(18)13-20)9-11-31(24)15-17-3-4-17)19(14-28)16-32(23)27(35)21-2-1-10-30-26(21)34;/h1-2,5-6,10,13,17,19,23-25,33H,3-4,7-9,11-12,14-16H2,(H,30,34);1H/t19-,23-,24-,25-,28-,29+;/m1./s1. The number of hydrogen-bond donors (Lipinski definition) is 2. The Morgan fingerprint density at radius 3 is 2.83 bits per heavy atom. The van der Waals surface area contributed by atoms with Crippen LogP contribution in [-0.2, 0) is 11.8 Å². The van der Waals surface area contributed by atoms with E-state index in [2.05, 4.69) is 26.9 Å². The van der Waals surface area contributed by atoms with Crippen LogP contribution in [0, 0.1) is 23.2 Å². The van der Waals surface area contributed by atoms with E-state index in [9.17, 15) is 14.7 Å². The molecule has 0 spiro atoms. The lowest BCUT2D eigenvalue weighted by atomic mass is 9.43. The van der Waals surface area contributed by atoms with E-state index in [0.29, 0.717) is 23.6 Å². The van der Waals surface area contributed by atoms with Gasteiger partial charge in [-0.05, 0) is 110 Å². The number of aromatic amines is 1. The van der Waals surface area contributed by atoms with Crippen molar-refractivity contribution in [2.24, 2.45) is 23.2 Å². The predicted molar refractivity (Wildman–Crippen MR) is 139 cm³/mol. The second kappa shape index (κ2) is 7.61. The van der Waals surface area contributed by atoms with Crippen LogP contribution in [0.2, 0.25) is 0 Å². The monoisotopic (exact) mass is 507 g/mol. The fraction of sp³-hybridized carbons (Fsp3) is 0.586. The maximum absolute atomic E-state index is 13.7. The highest BCUT2D eigenvalue weighted by Gasteiger charge is 2.76. The molecule has 3 saturated carbocycles. The fourth-order valence-corrected chi connectivity index (χ4v) is 9.92. The Morgan fingerprint density at radius 2 is 2.03 bits per heavy atom. The molecule has 190 valence electrons. The number of phenols is 1. The fourth-order valence-electron chi connectivity index (χ4n) is 9.92. The number of H-pyrrole nitrogens is 1. The summed E-state index contributed by atoms with van der Waals surface area (Å²) in [5, 5.41) is 10.6. The first kappa shape index (κ1) is 22.9. The maximum atomic E-state index is 13.7. The molecule has 6 nitrogen and oxygen atoms in total. The molecule has 0 unspecified atom stereocenters. The van der Waals surface area contributed by atoms with Crippen LogP contribution in [0.15, 0.2) is 41.3 Å². The third kappa shape index (κ3) is 2.72. The van der Waals surface area contributed by atoms with Gasteiger partial charge in [0, 0.05) is 36.8 Å². The number of aromatic nitrogens is 1. The maximum Gasteiger partial charge on any atom is 0.260 e. The van der Waals surface area contributed by atoms with Crippen molar-refractivity contribution in [2.75, 3.05) is 19.6 Å². The quantitative estimate of drug-likeness (QED) is 0.664. The van der Waals surface area contributed by atoms with Gasteiger partial charge in [-0.2, -0.15) is 0 Å². The van der Waals surface area contributed by atoms with Gasteiger partial charge in [0.05, 0.1) is 0 Å². The molecule has 36 heavy (non-hydrogen) atoms. The van der Waals surface area contributed by atoms with Crippen molar-refractivity contribution in [3.05, 3.63) is 63.6 Å². The Balaban J connectivity index is 0.00000220. The Labute approximate surface area is 217 Å². The van der Waals surface area contributed by atoms with Gasteiger partial charge in [-0.1, -0.05) is 6.07 Å². The van der Waals surface area contributed by atoms with Crippen molar-refractivity contribution < 1.29 is 9.90 Å². The molecule has 6 aliphatic rings. The molecule has 7 heteroatoms. The van der Waals surface area contributed by atoms with Gasteiger partial charge in [0.15, 0.2) is 0 Å². The van der Waals surface area contributed by atoms with E-state index in [1.165, 1.54) is 36.9 Å². The second-order valence-electron chi connectivity index (χ2n) is 12.3. The molecule has 4 aliphatic carbocycles. The van der Waals surface area contributed by atoms with Gasteiger partial charge >= 0.3 is 0 Å². The molecular weight excluding hydrogens is 474 g/mol. The number of piperidine rings is 1. The Bertz CT molecular complexity index is 1310. The van der Waals surface area contributed by atoms with Crippen molar-refractivity contribution in [3.63, 3.8) is 0 Å². The molecule has 2 saturated heterocycles. The van der Waals surface area contributed by atoms with E-state index in [0.717, 1.165) is 44.7 Å². The van der Waals surface area contributed by atoms with Crippen LogP contribution in [0.4, 0.5) is 0 Å². The zero-order valence-electron chi connectivity index (χ0n) is 20.5. The molecule has 6 atom stereocenters. The van der Waals surface area contributed by atoms with Crippen molar-refractivity contribution in [2.45, 2.75) is 62.4 Å². The molecule has 4 bridgehead atoms. The molecule has 1 aromatic heterocycles. The number of aromatic hydroxyl groups is 1. The number of nitrogens with one attached hydrogen (secondary N) is 1. The van der Waals surface area contributed by atoms with Gasteiger partial charge < -0.3 is 15.0 Å². The van der Waals surface area contributed by atoms with Gasteiger partial charge in [-0.15, -0.1) is 12.4 Å². The summed E-state index contributed by atoms with van der Waals surface area (Å²) in [5.41, 5.74) is 3.03. The summed E-state index contributed by atoms with van der Waals surface area (Å²) < 4.78 is 0. The van der Waals surface area contributed by atoms with E-state index in [1.54, 1.807) is 18.3 Å². The number of carbonyl (C=O) groups excluding carboxylic acids is 1. The highest BCUT2D eigenvalue weighted by Crippen LogP contribution is 2.75. The lowest BCUT2D eigenvalue weighted by molar-refractivity contribution is -0.102. The zero-order valence-corrected chi connectivity index (χ0v) is 21.3. The molecule has 8 rings (SSSR count). The van der Waals surface area contributed by atoms with E-state index in [-0.39, 0.29) is 46.3 Å². The Kier molecular flexibility index (Phi) is 4.83. The molecule has 1 aromatic carbocycles. The molecule has 5 fully saturated rings. The van der Waals surface area contributed by atoms with Crippen LogP contribution in [0.5, 0.6) is 5.75 Å². The molecular formula is C29H34ClN3O3. The number of rotatable bonds is 3. The van der Waals surface area contributed by atoms with Crippen LogP contribution in [0.25, 0.3) is 0 Å². The van der Waals surface area contributed by atoms with Crippen molar-refractivity contribution in [3.8, 4) is 5.75 Å². The second-order valence-corrected chi connectivity index (χ2v) is 12.3. The number of likely N-dealkylation sites (tertiary alicyclic amines) is 2. The first-order valence-electron chi connectivity index (χ1n) is 13.6. The van der Waals surface area contributed by atoms with Crippen LogP contribution in [0.3, 0.4) is 0 Å². The van der Waals surface area contributed by atoms with Crippen molar-refractivity contribution in [1.29, 1.82) is 0 Å². The minimum atomic E-state index is -0.292. The van der Waals surface area contributed by atoms with Gasteiger partial charge in [-0.25, -0.2) is 0 Å². The average molecular weight is 508 g/mol. The van der Waals surface area contributed by atoms with E-state index in [4.69, 9.17) is 0 Å². The number of fused-ring (bicyclic) bond motifs is 1. The zero-order chi connectivity index (χ0) is 23.5. The average Bonchev–Trinajstić information content (AvgIpc) is 3.54. The van der Waals surface area contributed by atoms with Gasteiger partial charge in [0.1, 0.15) is 11.3 Å². The third-order valence-electron chi connectivity index (χ3n) is 11.1. The number of halogens is 1. The Morgan fingerprint density at radius 1 is 1.17 bits per heavy atom. The van der Waals surface area contributed by atoms with Crippen molar-refractivity contribution in [1.82, 2.24) is 14.8 Å². The molecule has 2 N–H and O–H groups in total. The van der Waals surface area contributed by atoms with Crippen LogP contribution < -0.4 is 5.56 Å². The largest absolute Gasteiger partial charge is 0.508 e. The first-order valence-corrected chi connectivity index (χ1v) is 13.6. The van der Waals surface area contributed by atoms with E-state index in [1.807, 2.05) is 6.07 Å².